The van der Waals surface area contributed by atoms with Crippen LogP contribution in [0.5, 0.6) is 11.5 Å². The summed E-state index contributed by atoms with van der Waals surface area (Å²) in [5.41, 5.74) is 4.59. The average Bonchev–Trinajstić information content (AvgIpc) is 2.88. The zero-order valence-corrected chi connectivity index (χ0v) is 19.9. The van der Waals surface area contributed by atoms with E-state index >= 15 is 0 Å². The second kappa shape index (κ2) is 10.8. The number of nitrogens with one attached hydrogen (secondary N) is 1. The number of halogens is 1. The van der Waals surface area contributed by atoms with E-state index in [0.29, 0.717) is 27.8 Å². The van der Waals surface area contributed by atoms with Crippen LogP contribution in [0.15, 0.2) is 96.2 Å². The van der Waals surface area contributed by atoms with Crippen LogP contribution >= 0.6 is 11.6 Å². The van der Waals surface area contributed by atoms with E-state index < -0.39 is 5.97 Å². The van der Waals surface area contributed by atoms with Gasteiger partial charge in [-0.15, -0.1) is 0 Å². The van der Waals surface area contributed by atoms with Crippen LogP contribution in [0.4, 0.5) is 5.69 Å². The minimum absolute atomic E-state index is 0.0704. The Labute approximate surface area is 208 Å². The Morgan fingerprint density at radius 2 is 1.54 bits per heavy atom. The van der Waals surface area contributed by atoms with Gasteiger partial charge in [0, 0.05) is 28.9 Å². The van der Waals surface area contributed by atoms with Gasteiger partial charge in [-0.05, 0) is 65.7 Å². The maximum atomic E-state index is 11.9. The van der Waals surface area contributed by atoms with Crippen molar-refractivity contribution in [2.45, 2.75) is 0 Å². The molecule has 4 rings (SSSR count). The lowest BCUT2D eigenvalue weighted by atomic mass is 9.95. The quantitative estimate of drug-likeness (QED) is 0.208. The molecule has 0 saturated carbocycles. The predicted molar refractivity (Wildman–Crippen MR) is 139 cm³/mol. The third kappa shape index (κ3) is 5.62. The molecule has 6 nitrogen and oxygen atoms in total. The summed E-state index contributed by atoms with van der Waals surface area (Å²) in [6.07, 6.45) is 0. The molecule has 0 heterocycles. The standard InChI is InChI=1S/C28H23ClN2O4/c1-30-26-17-19(18-8-11-22(29)12-9-18)10-13-25(26)27(31-34-2)20-14-21(28(32)33)16-24(15-20)35-23-6-4-3-5-7-23/h3-17,30H,1-2H3,(H,32,33)/b31-27+. The fraction of sp³-hybridized carbons (Fsp3) is 0.0714. The number of para-hydroxylation sites is 1. The number of carbonyl (C=O) groups is 1. The van der Waals surface area contributed by atoms with Gasteiger partial charge in [0.25, 0.3) is 0 Å². The summed E-state index contributed by atoms with van der Waals surface area (Å²) in [6.45, 7) is 0. The van der Waals surface area contributed by atoms with Crippen molar-refractivity contribution in [1.29, 1.82) is 0 Å². The maximum absolute atomic E-state index is 11.9. The van der Waals surface area contributed by atoms with E-state index in [1.807, 2.05) is 67.7 Å². The first-order valence-corrected chi connectivity index (χ1v) is 11.2. The number of hydrogen-bond donors (Lipinski definition) is 2. The van der Waals surface area contributed by atoms with Crippen LogP contribution in [0, 0.1) is 0 Å². The molecule has 0 aliphatic rings. The van der Waals surface area contributed by atoms with E-state index in [2.05, 4.69) is 10.5 Å². The van der Waals surface area contributed by atoms with Crippen molar-refractivity contribution in [2.75, 3.05) is 19.5 Å². The van der Waals surface area contributed by atoms with Crippen LogP contribution in [0.3, 0.4) is 0 Å². The largest absolute Gasteiger partial charge is 0.478 e. The van der Waals surface area contributed by atoms with Gasteiger partial charge < -0.3 is 20.0 Å². The molecule has 0 amide bonds. The lowest BCUT2D eigenvalue weighted by Crippen LogP contribution is -2.10. The molecule has 0 aromatic heterocycles. The van der Waals surface area contributed by atoms with E-state index in [1.165, 1.54) is 13.2 Å². The summed E-state index contributed by atoms with van der Waals surface area (Å²) in [7, 11) is 3.26. The smallest absolute Gasteiger partial charge is 0.335 e. The first-order chi connectivity index (χ1) is 17.0. The van der Waals surface area contributed by atoms with E-state index in [4.69, 9.17) is 21.2 Å². The Hall–Kier alpha value is -4.29. The molecule has 4 aromatic rings. The van der Waals surface area contributed by atoms with Crippen LogP contribution in [-0.4, -0.2) is 30.9 Å². The van der Waals surface area contributed by atoms with Crippen molar-refractivity contribution in [1.82, 2.24) is 0 Å². The molecule has 2 N–H and O–H groups in total. The van der Waals surface area contributed by atoms with Crippen LogP contribution in [0.1, 0.15) is 21.5 Å². The number of ether oxygens (including phenoxy) is 1. The van der Waals surface area contributed by atoms with Gasteiger partial charge >= 0.3 is 5.97 Å². The molecule has 4 aromatic carbocycles. The Bertz CT molecular complexity index is 1370. The average molecular weight is 487 g/mol. The normalized spacial score (nSPS) is 11.1. The summed E-state index contributed by atoms with van der Waals surface area (Å²) in [4.78, 5) is 17.0. The number of carboxylic acids is 1. The van der Waals surface area contributed by atoms with E-state index in [0.717, 1.165) is 22.4 Å². The van der Waals surface area contributed by atoms with E-state index in [9.17, 15) is 9.90 Å². The number of nitrogens with zero attached hydrogens (tertiary/aromatic N) is 1. The maximum Gasteiger partial charge on any atom is 0.335 e. The van der Waals surface area contributed by atoms with Gasteiger partial charge in [-0.1, -0.05) is 53.2 Å². The highest BCUT2D eigenvalue weighted by molar-refractivity contribution is 6.30. The van der Waals surface area contributed by atoms with Gasteiger partial charge in [-0.2, -0.15) is 0 Å². The van der Waals surface area contributed by atoms with Crippen LogP contribution in [-0.2, 0) is 4.84 Å². The molecule has 0 radical (unpaired) electrons. The molecule has 35 heavy (non-hydrogen) atoms. The number of carboxylic acid groups (broad SMARTS) is 1. The molecule has 7 heteroatoms. The monoisotopic (exact) mass is 486 g/mol. The van der Waals surface area contributed by atoms with Crippen LogP contribution in [0.2, 0.25) is 5.02 Å². The Balaban J connectivity index is 1.80. The third-order valence-corrected chi connectivity index (χ3v) is 5.56. The van der Waals surface area contributed by atoms with Crippen molar-refractivity contribution in [2.24, 2.45) is 5.16 Å². The van der Waals surface area contributed by atoms with Gasteiger partial charge in [-0.3, -0.25) is 0 Å². The SMILES string of the molecule is CNc1cc(-c2ccc(Cl)cc2)ccc1/C(=N/OC)c1cc(Oc2ccccc2)cc(C(=O)O)c1. The third-order valence-electron chi connectivity index (χ3n) is 5.31. The fourth-order valence-electron chi connectivity index (χ4n) is 3.67. The van der Waals surface area contributed by atoms with Crippen LogP contribution in [0.25, 0.3) is 11.1 Å². The molecular weight excluding hydrogens is 464 g/mol. The van der Waals surface area contributed by atoms with Crippen molar-refractivity contribution >= 4 is 29.0 Å². The summed E-state index contributed by atoms with van der Waals surface area (Å²) in [6, 6.07) is 27.4. The topological polar surface area (TPSA) is 80.2 Å². The Morgan fingerprint density at radius 1 is 0.857 bits per heavy atom. The van der Waals surface area contributed by atoms with Gasteiger partial charge in [0.2, 0.25) is 0 Å². The first kappa shape index (κ1) is 23.9. The molecule has 0 fully saturated rings. The zero-order chi connectivity index (χ0) is 24.8. The summed E-state index contributed by atoms with van der Waals surface area (Å²) in [5, 5.41) is 17.8. The van der Waals surface area contributed by atoms with Gasteiger partial charge in [0.1, 0.15) is 24.3 Å². The molecule has 0 saturated heterocycles. The minimum atomic E-state index is -1.08. The number of hydrogen-bond acceptors (Lipinski definition) is 5. The lowest BCUT2D eigenvalue weighted by molar-refractivity contribution is 0.0696. The number of oxime groups is 1. The van der Waals surface area contributed by atoms with Crippen molar-refractivity contribution in [3.8, 4) is 22.6 Å². The van der Waals surface area contributed by atoms with Gasteiger partial charge in [0.05, 0.1) is 5.56 Å². The molecule has 0 atom stereocenters. The van der Waals surface area contributed by atoms with E-state index in [-0.39, 0.29) is 5.56 Å². The number of anilines is 1. The summed E-state index contributed by atoms with van der Waals surface area (Å²) < 4.78 is 5.93. The van der Waals surface area contributed by atoms with Gasteiger partial charge in [0.15, 0.2) is 0 Å². The Kier molecular flexibility index (Phi) is 7.33. The highest BCUT2D eigenvalue weighted by Crippen LogP contribution is 2.31. The predicted octanol–water partition coefficient (Wildman–Crippen LogP) is 6.94. The Morgan fingerprint density at radius 3 is 2.20 bits per heavy atom. The fourth-order valence-corrected chi connectivity index (χ4v) is 3.80. The molecular formula is C28H23ClN2O4. The van der Waals surface area contributed by atoms with Crippen LogP contribution < -0.4 is 10.1 Å². The number of rotatable bonds is 8. The number of benzene rings is 4. The summed E-state index contributed by atoms with van der Waals surface area (Å²) in [5.74, 6) is -0.110. The lowest BCUT2D eigenvalue weighted by Gasteiger charge is -2.15. The number of aromatic carboxylic acids is 1. The minimum Gasteiger partial charge on any atom is -0.478 e. The highest BCUT2D eigenvalue weighted by Gasteiger charge is 2.18. The zero-order valence-electron chi connectivity index (χ0n) is 19.2. The molecule has 0 aliphatic carbocycles. The van der Waals surface area contributed by atoms with Crippen molar-refractivity contribution < 1.29 is 19.5 Å². The first-order valence-electron chi connectivity index (χ1n) is 10.8. The molecule has 0 unspecified atom stereocenters. The second-order valence-electron chi connectivity index (χ2n) is 7.61. The van der Waals surface area contributed by atoms with Crippen molar-refractivity contribution in [3.63, 3.8) is 0 Å². The van der Waals surface area contributed by atoms with E-state index in [1.54, 1.807) is 24.3 Å². The van der Waals surface area contributed by atoms with Gasteiger partial charge in [-0.25, -0.2) is 4.79 Å². The summed E-state index contributed by atoms with van der Waals surface area (Å²) >= 11 is 6.03. The molecule has 0 bridgehead atoms. The second-order valence-corrected chi connectivity index (χ2v) is 8.04. The molecule has 176 valence electrons. The van der Waals surface area contributed by atoms with Crippen molar-refractivity contribution in [3.05, 3.63) is 113 Å². The molecule has 0 spiro atoms. The highest BCUT2D eigenvalue weighted by atomic mass is 35.5. The molecule has 0 aliphatic heterocycles.